The third-order valence-corrected chi connectivity index (χ3v) is 20.8. The van der Waals surface area contributed by atoms with Crippen LogP contribution < -0.4 is 0 Å². The van der Waals surface area contributed by atoms with E-state index in [2.05, 4.69) is 53.7 Å². The summed E-state index contributed by atoms with van der Waals surface area (Å²) in [6, 6.07) is 0. The molecule has 4 heteroatoms. The van der Waals surface area contributed by atoms with Crippen molar-refractivity contribution in [3.8, 4) is 0 Å². The van der Waals surface area contributed by atoms with Crippen LogP contribution in [-0.2, 0) is 0 Å². The molecule has 7 fully saturated rings. The first kappa shape index (κ1) is 57.6. The zero-order chi connectivity index (χ0) is 41.8. The van der Waals surface area contributed by atoms with Crippen LogP contribution in [0.5, 0.6) is 0 Å². The van der Waals surface area contributed by atoms with Crippen LogP contribution in [0.2, 0.25) is 0 Å². The number of rotatable bonds is 6. The van der Waals surface area contributed by atoms with Gasteiger partial charge in [0.1, 0.15) is 0 Å². The van der Waals surface area contributed by atoms with E-state index < -0.39 is 0 Å². The fraction of sp³-hybridized carbons (Fsp3) is 0.933. The Balaban J connectivity index is 0.000000927. The normalized spacial score (nSPS) is 41.7. The molecule has 9 aliphatic rings. The van der Waals surface area contributed by atoms with Crippen LogP contribution in [0.1, 0.15) is 264 Å². The molecule has 8 N–H and O–H groups in total. The van der Waals surface area contributed by atoms with Gasteiger partial charge >= 0.3 is 0 Å². The predicted octanol–water partition coefficient (Wildman–Crippen LogP) is 16.6. The van der Waals surface area contributed by atoms with E-state index in [1.807, 2.05) is 11.1 Å². The molecule has 0 saturated heterocycles. The number of allylic oxidation sites excluding steroid dienone is 4. The highest BCUT2D eigenvalue weighted by atomic mass is 16.0. The first-order chi connectivity index (χ1) is 29.2. The monoisotopic (exact) mass is 903 g/mol. The van der Waals surface area contributed by atoms with Gasteiger partial charge in [0.05, 0.1) is 0 Å². The Morgan fingerprint density at radius 1 is 0.250 bits per heavy atom. The second-order valence-corrected chi connectivity index (χ2v) is 25.3. The molecular weight excluding hydrogens is 785 g/mol. The fourth-order valence-corrected chi connectivity index (χ4v) is 15.7. The van der Waals surface area contributed by atoms with Gasteiger partial charge in [0.15, 0.2) is 0 Å². The Morgan fingerprint density at radius 3 is 0.641 bits per heavy atom. The minimum atomic E-state index is 0. The molecule has 0 radical (unpaired) electrons. The van der Waals surface area contributed by atoms with Crippen molar-refractivity contribution in [2.24, 2.45) is 94.7 Å². The van der Waals surface area contributed by atoms with E-state index in [0.29, 0.717) is 0 Å². The molecule has 0 aliphatic heterocycles. The van der Waals surface area contributed by atoms with Crippen LogP contribution in [0.15, 0.2) is 23.3 Å². The lowest BCUT2D eigenvalue weighted by Crippen LogP contribution is -2.29. The van der Waals surface area contributed by atoms with Crippen LogP contribution in [0, 0.1) is 94.7 Å². The highest BCUT2D eigenvalue weighted by Gasteiger charge is 2.35. The summed E-state index contributed by atoms with van der Waals surface area (Å²) in [5, 5.41) is 0. The van der Waals surface area contributed by atoms with Crippen LogP contribution in [0.25, 0.3) is 0 Å². The van der Waals surface area contributed by atoms with Gasteiger partial charge in [-0.1, -0.05) is 142 Å². The standard InChI is InChI=1S/C20H36.2C20H34.4H2O.3H2/c3*1-15-3-7-17(8-4-15)19-11-13-20(14-12-19)18-9-5-16(2)6-10-18;;;;;;;/h15-20H,3-14H2,1-2H3;2*11,15-18,20H,3-10,12-14H2,1-2H3;4*1H2;3*1H. The zero-order valence-electron chi connectivity index (χ0n) is 43.4. The van der Waals surface area contributed by atoms with E-state index in [1.165, 1.54) is 167 Å². The average molecular weight is 904 g/mol. The molecule has 0 aromatic carbocycles. The predicted molar refractivity (Wildman–Crippen MR) is 284 cm³/mol. The molecule has 64 heavy (non-hydrogen) atoms. The van der Waals surface area contributed by atoms with Crippen molar-refractivity contribution in [3.05, 3.63) is 23.3 Å². The maximum atomic E-state index is 2.69. The van der Waals surface area contributed by atoms with Crippen molar-refractivity contribution in [3.63, 3.8) is 0 Å². The molecule has 2 unspecified atom stereocenters. The molecule has 0 amide bonds. The van der Waals surface area contributed by atoms with Gasteiger partial charge in [0, 0.05) is 4.28 Å². The van der Waals surface area contributed by atoms with Crippen molar-refractivity contribution in [2.45, 2.75) is 260 Å². The van der Waals surface area contributed by atoms with Crippen LogP contribution in [0.4, 0.5) is 0 Å². The molecule has 0 spiro atoms. The number of hydrogen-bond donors (Lipinski definition) is 0. The molecule has 382 valence electrons. The van der Waals surface area contributed by atoms with E-state index >= 15 is 0 Å². The Kier molecular flexibility index (Phi) is 26.5. The van der Waals surface area contributed by atoms with Gasteiger partial charge in [-0.05, 0) is 236 Å². The molecule has 9 aliphatic carbocycles. The van der Waals surface area contributed by atoms with Crippen LogP contribution in [0.3, 0.4) is 0 Å². The third-order valence-electron chi connectivity index (χ3n) is 20.8. The molecule has 7 saturated carbocycles. The summed E-state index contributed by atoms with van der Waals surface area (Å²) in [5.41, 5.74) is 3.72. The summed E-state index contributed by atoms with van der Waals surface area (Å²) >= 11 is 0. The van der Waals surface area contributed by atoms with Gasteiger partial charge in [-0.3, -0.25) is 0 Å². The van der Waals surface area contributed by atoms with Crippen molar-refractivity contribution in [2.75, 3.05) is 0 Å². The van der Waals surface area contributed by atoms with Gasteiger partial charge in [-0.15, -0.1) is 0 Å². The van der Waals surface area contributed by atoms with Crippen molar-refractivity contribution >= 4 is 0 Å². The summed E-state index contributed by atoms with van der Waals surface area (Å²) in [6.07, 6.45) is 56.7. The maximum absolute atomic E-state index is 2.69. The van der Waals surface area contributed by atoms with E-state index in [-0.39, 0.29) is 26.2 Å². The molecule has 9 rings (SSSR count). The van der Waals surface area contributed by atoms with Gasteiger partial charge in [0.25, 0.3) is 0 Å². The smallest absolute Gasteiger partial charge is 0 e. The fourth-order valence-electron chi connectivity index (χ4n) is 15.7. The quantitative estimate of drug-likeness (QED) is 0.235. The Hall–Kier alpha value is -0.680. The molecule has 0 aromatic heterocycles. The van der Waals surface area contributed by atoms with E-state index in [9.17, 15) is 0 Å². The largest absolute Gasteiger partial charge is 0.412 e. The van der Waals surface area contributed by atoms with Crippen LogP contribution >= 0.6 is 0 Å². The summed E-state index contributed by atoms with van der Waals surface area (Å²) in [4.78, 5) is 0. The van der Waals surface area contributed by atoms with Gasteiger partial charge in [-0.2, -0.15) is 0 Å². The first-order valence-electron chi connectivity index (χ1n) is 28.5. The van der Waals surface area contributed by atoms with E-state index in [1.54, 1.807) is 51.4 Å². The summed E-state index contributed by atoms with van der Waals surface area (Å²) in [5.74, 6) is 16.6. The highest BCUT2D eigenvalue weighted by molar-refractivity contribution is 5.13. The molecular formula is C60H118O4. The lowest BCUT2D eigenvalue weighted by molar-refractivity contribution is 0.108. The van der Waals surface area contributed by atoms with E-state index in [0.717, 1.165) is 94.7 Å². The molecule has 0 bridgehead atoms. The topological polar surface area (TPSA) is 126 Å². The zero-order valence-corrected chi connectivity index (χ0v) is 43.4. The molecule has 0 aromatic rings. The summed E-state index contributed by atoms with van der Waals surface area (Å²) in [6.45, 7) is 14.7. The van der Waals surface area contributed by atoms with Crippen molar-refractivity contribution in [1.82, 2.24) is 0 Å². The highest BCUT2D eigenvalue weighted by Crippen LogP contribution is 2.47. The molecule has 4 nitrogen and oxygen atoms in total. The SMILES string of the molecule is CC1CCC(C2=CCC(C3CCC(C)CC3)CC2)CC1.CC1CCC(C2=CCC(C3CCC(C)CC3)CC2)CC1.CC1CCC(C2CCC(C3CCC(C)CC3)CC2)CC1.O.O.O.O.[HH].[HH].[HH]. The second kappa shape index (κ2) is 29.4. The summed E-state index contributed by atoms with van der Waals surface area (Å²) < 4.78 is 0. The van der Waals surface area contributed by atoms with Gasteiger partial charge in [0.2, 0.25) is 0 Å². The Labute approximate surface area is 402 Å². The lowest BCUT2D eigenvalue weighted by Gasteiger charge is -2.41. The van der Waals surface area contributed by atoms with E-state index in [4.69, 9.17) is 0 Å². The average Bonchev–Trinajstić information content (AvgIpc) is 3.29. The Bertz CT molecular complexity index is 1170. The Morgan fingerprint density at radius 2 is 0.438 bits per heavy atom. The first-order valence-corrected chi connectivity index (χ1v) is 28.5. The second-order valence-electron chi connectivity index (χ2n) is 25.3. The van der Waals surface area contributed by atoms with Crippen molar-refractivity contribution < 1.29 is 26.2 Å². The van der Waals surface area contributed by atoms with Crippen molar-refractivity contribution in [1.29, 1.82) is 0 Å². The minimum absolute atomic E-state index is 0. The minimum Gasteiger partial charge on any atom is -0.412 e. The molecule has 0 heterocycles. The van der Waals surface area contributed by atoms with Gasteiger partial charge in [-0.25, -0.2) is 0 Å². The third kappa shape index (κ3) is 17.4. The lowest BCUT2D eigenvalue weighted by atomic mass is 9.65. The van der Waals surface area contributed by atoms with Crippen LogP contribution in [-0.4, -0.2) is 21.9 Å². The summed E-state index contributed by atoms with van der Waals surface area (Å²) in [7, 11) is 0. The maximum Gasteiger partial charge on any atom is 0 e. The number of hydrogen-bond acceptors (Lipinski definition) is 0. The molecule has 2 atom stereocenters. The van der Waals surface area contributed by atoms with Gasteiger partial charge < -0.3 is 21.9 Å².